The molecule has 0 spiro atoms. The number of hydrogen-bond donors (Lipinski definition) is 1. The highest BCUT2D eigenvalue weighted by Crippen LogP contribution is 2.26. The molecular formula is C14H8Cl2F2N2. The summed E-state index contributed by atoms with van der Waals surface area (Å²) in [5, 5.41) is 12.3. The molecule has 102 valence electrons. The fraction of sp³-hybridized carbons (Fsp3) is 0.0714. The Kier molecular flexibility index (Phi) is 4.43. The number of nitrogens with zero attached hydrogens (tertiary/aromatic N) is 1. The van der Waals surface area contributed by atoms with Crippen LogP contribution in [-0.2, 0) is 6.54 Å². The highest BCUT2D eigenvalue weighted by molar-refractivity contribution is 6.35. The summed E-state index contributed by atoms with van der Waals surface area (Å²) >= 11 is 11.8. The third-order valence-electron chi connectivity index (χ3n) is 2.65. The van der Waals surface area contributed by atoms with Crippen LogP contribution in [0.3, 0.4) is 0 Å². The zero-order valence-electron chi connectivity index (χ0n) is 10.1. The van der Waals surface area contributed by atoms with Crippen molar-refractivity contribution in [1.82, 2.24) is 0 Å². The van der Waals surface area contributed by atoms with Gasteiger partial charge in [0, 0.05) is 17.1 Å². The predicted octanol–water partition coefficient (Wildman–Crippen LogP) is 4.76. The van der Waals surface area contributed by atoms with Crippen molar-refractivity contribution in [3.05, 3.63) is 63.1 Å². The Labute approximate surface area is 124 Å². The average molecular weight is 313 g/mol. The first-order chi connectivity index (χ1) is 9.51. The summed E-state index contributed by atoms with van der Waals surface area (Å²) in [4.78, 5) is 0. The standard InChI is InChI=1S/C14H8Cl2F2N2/c15-9-1-2-11(16)14(5-9)20-7-10-12(17)3-8(6-19)4-13(10)18/h1-5,20H,7H2. The molecular weight excluding hydrogens is 305 g/mol. The van der Waals surface area contributed by atoms with Crippen LogP contribution in [0.1, 0.15) is 11.1 Å². The minimum absolute atomic E-state index is 0.0652. The van der Waals surface area contributed by atoms with Crippen LogP contribution in [0.2, 0.25) is 10.0 Å². The minimum atomic E-state index is -0.785. The Hall–Kier alpha value is -1.83. The van der Waals surface area contributed by atoms with E-state index < -0.39 is 11.6 Å². The van der Waals surface area contributed by atoms with Crippen LogP contribution < -0.4 is 5.32 Å². The van der Waals surface area contributed by atoms with Crippen molar-refractivity contribution in [1.29, 1.82) is 5.26 Å². The second kappa shape index (κ2) is 6.08. The van der Waals surface area contributed by atoms with Gasteiger partial charge in [-0.05, 0) is 30.3 Å². The lowest BCUT2D eigenvalue weighted by molar-refractivity contribution is 0.559. The highest BCUT2D eigenvalue weighted by atomic mass is 35.5. The lowest BCUT2D eigenvalue weighted by Crippen LogP contribution is -2.05. The summed E-state index contributed by atoms with van der Waals surface area (Å²) < 4.78 is 27.4. The molecule has 0 saturated heterocycles. The average Bonchev–Trinajstić information content (AvgIpc) is 2.41. The SMILES string of the molecule is N#Cc1cc(F)c(CNc2cc(Cl)ccc2Cl)c(F)c1. The first kappa shape index (κ1) is 14.6. The van der Waals surface area contributed by atoms with Gasteiger partial charge < -0.3 is 5.32 Å². The van der Waals surface area contributed by atoms with Crippen molar-refractivity contribution in [2.24, 2.45) is 0 Å². The summed E-state index contributed by atoms with van der Waals surface area (Å²) in [5.74, 6) is -1.57. The van der Waals surface area contributed by atoms with Crippen molar-refractivity contribution in [2.75, 3.05) is 5.32 Å². The van der Waals surface area contributed by atoms with Crippen LogP contribution in [0.4, 0.5) is 14.5 Å². The first-order valence-corrected chi connectivity index (χ1v) is 6.34. The van der Waals surface area contributed by atoms with Gasteiger partial charge >= 0.3 is 0 Å². The predicted molar refractivity (Wildman–Crippen MR) is 74.9 cm³/mol. The van der Waals surface area contributed by atoms with E-state index in [2.05, 4.69) is 5.32 Å². The fourth-order valence-electron chi connectivity index (χ4n) is 1.65. The number of nitriles is 1. The monoisotopic (exact) mass is 312 g/mol. The Morgan fingerprint density at radius 1 is 1.10 bits per heavy atom. The van der Waals surface area contributed by atoms with E-state index in [4.69, 9.17) is 28.5 Å². The van der Waals surface area contributed by atoms with Crippen molar-refractivity contribution >= 4 is 28.9 Å². The molecule has 0 aliphatic carbocycles. The van der Waals surface area contributed by atoms with Gasteiger partial charge in [-0.15, -0.1) is 0 Å². The molecule has 20 heavy (non-hydrogen) atoms. The number of rotatable bonds is 3. The van der Waals surface area contributed by atoms with Crippen LogP contribution in [0.15, 0.2) is 30.3 Å². The van der Waals surface area contributed by atoms with Gasteiger partial charge in [-0.2, -0.15) is 5.26 Å². The molecule has 6 heteroatoms. The van der Waals surface area contributed by atoms with Crippen molar-refractivity contribution < 1.29 is 8.78 Å². The first-order valence-electron chi connectivity index (χ1n) is 5.58. The number of nitrogens with one attached hydrogen (secondary N) is 1. The number of halogens is 4. The van der Waals surface area contributed by atoms with Crippen molar-refractivity contribution in [3.8, 4) is 6.07 Å². The summed E-state index contributed by atoms with van der Waals surface area (Å²) in [6.45, 7) is -0.108. The molecule has 0 amide bonds. The van der Waals surface area contributed by atoms with Crippen molar-refractivity contribution in [2.45, 2.75) is 6.54 Å². The molecule has 0 fully saturated rings. The van der Waals surface area contributed by atoms with E-state index in [1.165, 1.54) is 0 Å². The summed E-state index contributed by atoms with van der Waals surface area (Å²) in [5.41, 5.74) is 0.243. The molecule has 2 aromatic carbocycles. The minimum Gasteiger partial charge on any atom is -0.379 e. The quantitative estimate of drug-likeness (QED) is 0.887. The summed E-state index contributed by atoms with van der Waals surface area (Å²) in [6, 6.07) is 8.41. The Balaban J connectivity index is 2.23. The topological polar surface area (TPSA) is 35.8 Å². The zero-order valence-corrected chi connectivity index (χ0v) is 11.6. The van der Waals surface area contributed by atoms with Gasteiger partial charge in [0.1, 0.15) is 11.6 Å². The lowest BCUT2D eigenvalue weighted by Gasteiger charge is -2.10. The van der Waals surface area contributed by atoms with Crippen LogP contribution in [0.25, 0.3) is 0 Å². The third kappa shape index (κ3) is 3.19. The van der Waals surface area contributed by atoms with Crippen LogP contribution in [-0.4, -0.2) is 0 Å². The molecule has 1 N–H and O–H groups in total. The molecule has 0 bridgehead atoms. The Morgan fingerprint density at radius 3 is 2.35 bits per heavy atom. The molecule has 0 aliphatic heterocycles. The number of hydrogen-bond acceptors (Lipinski definition) is 2. The highest BCUT2D eigenvalue weighted by Gasteiger charge is 2.12. The van der Waals surface area contributed by atoms with Crippen LogP contribution in [0, 0.1) is 23.0 Å². The molecule has 0 unspecified atom stereocenters. The van der Waals surface area contributed by atoms with Gasteiger partial charge in [0.25, 0.3) is 0 Å². The summed E-state index contributed by atoms with van der Waals surface area (Å²) in [6.07, 6.45) is 0. The molecule has 0 saturated carbocycles. The van der Waals surface area contributed by atoms with E-state index in [9.17, 15) is 8.78 Å². The maximum Gasteiger partial charge on any atom is 0.132 e. The van der Waals surface area contributed by atoms with Gasteiger partial charge in [0.2, 0.25) is 0 Å². The van der Waals surface area contributed by atoms with Gasteiger partial charge in [-0.25, -0.2) is 8.78 Å². The van der Waals surface area contributed by atoms with Gasteiger partial charge in [-0.1, -0.05) is 23.2 Å². The van der Waals surface area contributed by atoms with Gasteiger partial charge in [-0.3, -0.25) is 0 Å². The second-order valence-electron chi connectivity index (χ2n) is 4.01. The maximum atomic E-state index is 13.7. The maximum absolute atomic E-state index is 13.7. The second-order valence-corrected chi connectivity index (χ2v) is 4.85. The van der Waals surface area contributed by atoms with Gasteiger partial charge in [0.15, 0.2) is 0 Å². The van der Waals surface area contributed by atoms with E-state index in [1.54, 1.807) is 24.3 Å². The van der Waals surface area contributed by atoms with Gasteiger partial charge in [0.05, 0.1) is 22.3 Å². The smallest absolute Gasteiger partial charge is 0.132 e. The fourth-order valence-corrected chi connectivity index (χ4v) is 2.01. The van der Waals surface area contributed by atoms with E-state index in [-0.39, 0.29) is 17.7 Å². The van der Waals surface area contributed by atoms with E-state index >= 15 is 0 Å². The molecule has 2 rings (SSSR count). The Bertz CT molecular complexity index is 673. The molecule has 0 aromatic heterocycles. The van der Waals surface area contributed by atoms with Crippen molar-refractivity contribution in [3.63, 3.8) is 0 Å². The number of benzene rings is 2. The third-order valence-corrected chi connectivity index (χ3v) is 3.22. The molecule has 0 atom stereocenters. The zero-order chi connectivity index (χ0) is 14.7. The van der Waals surface area contributed by atoms with Crippen LogP contribution in [0.5, 0.6) is 0 Å². The van der Waals surface area contributed by atoms with Crippen LogP contribution >= 0.6 is 23.2 Å². The summed E-state index contributed by atoms with van der Waals surface area (Å²) in [7, 11) is 0. The Morgan fingerprint density at radius 2 is 1.75 bits per heavy atom. The van der Waals surface area contributed by atoms with E-state index in [0.29, 0.717) is 15.7 Å². The lowest BCUT2D eigenvalue weighted by atomic mass is 10.1. The largest absolute Gasteiger partial charge is 0.379 e. The molecule has 0 heterocycles. The van der Waals surface area contributed by atoms with E-state index in [0.717, 1.165) is 12.1 Å². The molecule has 2 nitrogen and oxygen atoms in total. The molecule has 2 aromatic rings. The normalized spacial score (nSPS) is 10.2. The van der Waals surface area contributed by atoms with E-state index in [1.807, 2.05) is 0 Å². The molecule has 0 aliphatic rings. The number of anilines is 1. The molecule has 0 radical (unpaired) electrons.